The van der Waals surface area contributed by atoms with E-state index < -0.39 is 0 Å². The summed E-state index contributed by atoms with van der Waals surface area (Å²) in [6.45, 7) is 2.24. The molecule has 0 bridgehead atoms. The first-order valence-corrected chi connectivity index (χ1v) is 8.95. The van der Waals surface area contributed by atoms with Gasteiger partial charge >= 0.3 is 5.97 Å². The van der Waals surface area contributed by atoms with Gasteiger partial charge in [0.1, 0.15) is 0 Å². The lowest BCUT2D eigenvalue weighted by Gasteiger charge is -2.10. The van der Waals surface area contributed by atoms with Crippen molar-refractivity contribution in [3.8, 4) is 0 Å². The monoisotopic (exact) mass is 300 g/mol. The maximum Gasteiger partial charge on any atom is 0.305 e. The predicted octanol–water partition coefficient (Wildman–Crippen LogP) is 5.00. The van der Waals surface area contributed by atoms with Gasteiger partial charge in [-0.3, -0.25) is 4.79 Å². The number of ether oxygens (including phenoxy) is 1. The zero-order chi connectivity index (χ0) is 15.8. The van der Waals surface area contributed by atoms with Crippen molar-refractivity contribution in [2.45, 2.75) is 103 Å². The van der Waals surface area contributed by atoms with Gasteiger partial charge in [-0.15, -0.1) is 0 Å². The van der Waals surface area contributed by atoms with Crippen LogP contribution in [0.4, 0.5) is 0 Å². The van der Waals surface area contributed by atoms with Crippen molar-refractivity contribution in [2.75, 3.05) is 7.11 Å². The fraction of sp³-hybridized carbons (Fsp3) is 0.944. The van der Waals surface area contributed by atoms with Gasteiger partial charge in [-0.1, -0.05) is 71.1 Å². The van der Waals surface area contributed by atoms with Gasteiger partial charge < -0.3 is 9.84 Å². The molecular formula is C18H36O3. The highest BCUT2D eigenvalue weighted by atomic mass is 16.5. The van der Waals surface area contributed by atoms with Gasteiger partial charge in [-0.05, 0) is 19.3 Å². The Bertz CT molecular complexity index is 229. The number of unbranched alkanes of at least 4 members (excludes halogenated alkanes) is 9. The summed E-state index contributed by atoms with van der Waals surface area (Å²) >= 11 is 0. The lowest BCUT2D eigenvalue weighted by Crippen LogP contribution is -2.06. The molecule has 1 N–H and O–H groups in total. The van der Waals surface area contributed by atoms with Crippen LogP contribution >= 0.6 is 0 Å². The third-order valence-electron chi connectivity index (χ3n) is 4.04. The molecular weight excluding hydrogens is 264 g/mol. The van der Waals surface area contributed by atoms with Gasteiger partial charge in [-0.2, -0.15) is 0 Å². The largest absolute Gasteiger partial charge is 0.469 e. The lowest BCUT2D eigenvalue weighted by atomic mass is 10.0. The molecule has 0 aromatic rings. The molecule has 0 aliphatic carbocycles. The van der Waals surface area contributed by atoms with Gasteiger partial charge in [0.2, 0.25) is 0 Å². The zero-order valence-corrected chi connectivity index (χ0v) is 14.2. The number of hydrogen-bond acceptors (Lipinski definition) is 3. The van der Waals surface area contributed by atoms with E-state index in [9.17, 15) is 9.90 Å². The second-order valence-corrected chi connectivity index (χ2v) is 6.09. The minimum absolute atomic E-state index is 0.105. The van der Waals surface area contributed by atoms with Crippen molar-refractivity contribution in [1.82, 2.24) is 0 Å². The Morgan fingerprint density at radius 1 is 0.857 bits per heavy atom. The van der Waals surface area contributed by atoms with E-state index in [0.717, 1.165) is 44.9 Å². The molecule has 1 unspecified atom stereocenters. The number of aliphatic hydroxyl groups excluding tert-OH is 1. The van der Waals surface area contributed by atoms with Gasteiger partial charge in [0.05, 0.1) is 13.2 Å². The van der Waals surface area contributed by atoms with Crippen molar-refractivity contribution in [1.29, 1.82) is 0 Å². The predicted molar refractivity (Wildman–Crippen MR) is 88.3 cm³/mol. The van der Waals surface area contributed by atoms with E-state index in [1.54, 1.807) is 0 Å². The highest BCUT2D eigenvalue weighted by Gasteiger charge is 2.04. The maximum atomic E-state index is 10.9. The van der Waals surface area contributed by atoms with E-state index in [2.05, 4.69) is 11.7 Å². The number of esters is 1. The van der Waals surface area contributed by atoms with Gasteiger partial charge in [0.25, 0.3) is 0 Å². The molecule has 3 nitrogen and oxygen atoms in total. The van der Waals surface area contributed by atoms with E-state index in [0.29, 0.717) is 6.42 Å². The second kappa shape index (κ2) is 15.8. The van der Waals surface area contributed by atoms with Gasteiger partial charge in [0.15, 0.2) is 0 Å². The molecule has 0 aromatic carbocycles. The second-order valence-electron chi connectivity index (χ2n) is 6.09. The lowest BCUT2D eigenvalue weighted by molar-refractivity contribution is -0.140. The summed E-state index contributed by atoms with van der Waals surface area (Å²) in [5, 5.41) is 9.90. The van der Waals surface area contributed by atoms with Crippen LogP contribution in [0.2, 0.25) is 0 Å². The van der Waals surface area contributed by atoms with E-state index in [1.165, 1.54) is 45.6 Å². The van der Waals surface area contributed by atoms with E-state index in [4.69, 9.17) is 0 Å². The van der Waals surface area contributed by atoms with Crippen molar-refractivity contribution in [3.05, 3.63) is 0 Å². The molecule has 0 spiro atoms. The molecule has 0 rings (SSSR count). The Labute approximate surface area is 131 Å². The Kier molecular flexibility index (Phi) is 15.4. The summed E-state index contributed by atoms with van der Waals surface area (Å²) in [6.07, 6.45) is 15.5. The van der Waals surface area contributed by atoms with Crippen LogP contribution in [0.1, 0.15) is 96.8 Å². The Morgan fingerprint density at radius 2 is 1.33 bits per heavy atom. The first-order chi connectivity index (χ1) is 10.2. The SMILES string of the molecule is CCCCCCCCC(O)CCCCCCCC(=O)OC. The number of hydrogen-bond donors (Lipinski definition) is 1. The topological polar surface area (TPSA) is 46.5 Å². The minimum atomic E-state index is -0.107. The molecule has 0 amide bonds. The highest BCUT2D eigenvalue weighted by Crippen LogP contribution is 2.14. The maximum absolute atomic E-state index is 10.9. The molecule has 21 heavy (non-hydrogen) atoms. The van der Waals surface area contributed by atoms with Crippen LogP contribution < -0.4 is 0 Å². The summed E-state index contributed by atoms with van der Waals surface area (Å²) in [6, 6.07) is 0. The molecule has 0 heterocycles. The number of carbonyl (C=O) groups is 1. The zero-order valence-electron chi connectivity index (χ0n) is 14.2. The van der Waals surface area contributed by atoms with Gasteiger partial charge in [-0.25, -0.2) is 0 Å². The molecule has 0 aliphatic heterocycles. The Hall–Kier alpha value is -0.570. The van der Waals surface area contributed by atoms with Crippen molar-refractivity contribution in [2.24, 2.45) is 0 Å². The van der Waals surface area contributed by atoms with E-state index >= 15 is 0 Å². The van der Waals surface area contributed by atoms with Crippen molar-refractivity contribution in [3.63, 3.8) is 0 Å². The fourth-order valence-electron chi connectivity index (χ4n) is 2.59. The number of rotatable bonds is 15. The Balaban J connectivity index is 3.19. The summed E-state index contributed by atoms with van der Waals surface area (Å²) in [5.41, 5.74) is 0. The summed E-state index contributed by atoms with van der Waals surface area (Å²) in [4.78, 5) is 10.9. The van der Waals surface area contributed by atoms with Crippen molar-refractivity contribution < 1.29 is 14.6 Å². The van der Waals surface area contributed by atoms with Crippen LogP contribution in [0.3, 0.4) is 0 Å². The molecule has 0 saturated carbocycles. The average molecular weight is 300 g/mol. The summed E-state index contributed by atoms with van der Waals surface area (Å²) < 4.78 is 4.61. The molecule has 0 fully saturated rings. The van der Waals surface area contributed by atoms with Crippen LogP contribution in [-0.4, -0.2) is 24.3 Å². The third-order valence-corrected chi connectivity index (χ3v) is 4.04. The van der Waals surface area contributed by atoms with Crippen LogP contribution in [-0.2, 0) is 9.53 Å². The van der Waals surface area contributed by atoms with Crippen LogP contribution in [0.15, 0.2) is 0 Å². The van der Waals surface area contributed by atoms with Gasteiger partial charge in [0, 0.05) is 6.42 Å². The standard InChI is InChI=1S/C18H36O3/c1-3-4-5-6-8-11-14-17(19)15-12-9-7-10-13-16-18(20)21-2/h17,19H,3-16H2,1-2H3. The number of carbonyl (C=O) groups excluding carboxylic acids is 1. The fourth-order valence-corrected chi connectivity index (χ4v) is 2.59. The van der Waals surface area contributed by atoms with Crippen LogP contribution in [0, 0.1) is 0 Å². The molecule has 3 heteroatoms. The summed E-state index contributed by atoms with van der Waals surface area (Å²) in [7, 11) is 1.44. The molecule has 126 valence electrons. The normalized spacial score (nSPS) is 12.3. The van der Waals surface area contributed by atoms with Crippen molar-refractivity contribution >= 4 is 5.97 Å². The minimum Gasteiger partial charge on any atom is -0.469 e. The first-order valence-electron chi connectivity index (χ1n) is 8.95. The van der Waals surface area contributed by atoms with E-state index in [1.807, 2.05) is 0 Å². The highest BCUT2D eigenvalue weighted by molar-refractivity contribution is 5.68. The molecule has 0 saturated heterocycles. The molecule has 0 radical (unpaired) electrons. The van der Waals surface area contributed by atoms with Crippen LogP contribution in [0.25, 0.3) is 0 Å². The quantitative estimate of drug-likeness (QED) is 0.342. The average Bonchev–Trinajstić information content (AvgIpc) is 2.49. The Morgan fingerprint density at radius 3 is 1.86 bits per heavy atom. The number of aliphatic hydroxyl groups is 1. The number of methoxy groups -OCH3 is 1. The third kappa shape index (κ3) is 15.6. The first kappa shape index (κ1) is 20.4. The smallest absolute Gasteiger partial charge is 0.305 e. The molecule has 0 aromatic heterocycles. The molecule has 0 aliphatic rings. The van der Waals surface area contributed by atoms with Crippen LogP contribution in [0.5, 0.6) is 0 Å². The molecule has 1 atom stereocenters. The summed E-state index contributed by atoms with van der Waals surface area (Å²) in [5.74, 6) is -0.107. The van der Waals surface area contributed by atoms with E-state index in [-0.39, 0.29) is 12.1 Å².